The molecule has 1 saturated heterocycles. The molecule has 1 aliphatic heterocycles. The molecule has 1 fully saturated rings. The third kappa shape index (κ3) is 2.28. The van der Waals surface area contributed by atoms with Gasteiger partial charge in [-0.15, -0.1) is 0 Å². The maximum Gasteiger partial charge on any atom is 0.259 e. The first-order valence-corrected chi connectivity index (χ1v) is 7.45. The van der Waals surface area contributed by atoms with Gasteiger partial charge in [0.15, 0.2) is 0 Å². The molecule has 19 heavy (non-hydrogen) atoms. The predicted octanol–water partition coefficient (Wildman–Crippen LogP) is 1.40. The average Bonchev–Trinajstić information content (AvgIpc) is 3.08. The zero-order valence-electron chi connectivity index (χ0n) is 10.8. The first-order valence-electron chi connectivity index (χ1n) is 6.30. The number of nitrogens with zero attached hydrogens (tertiary/aromatic N) is 4. The van der Waals surface area contributed by atoms with Crippen LogP contribution in [0.1, 0.15) is 10.4 Å². The van der Waals surface area contributed by atoms with Crippen molar-refractivity contribution in [1.82, 2.24) is 19.2 Å². The molecule has 0 bridgehead atoms. The van der Waals surface area contributed by atoms with E-state index in [0.717, 1.165) is 30.4 Å². The van der Waals surface area contributed by atoms with E-state index in [1.807, 2.05) is 52.8 Å². The first-order chi connectivity index (χ1) is 9.27. The van der Waals surface area contributed by atoms with Crippen LogP contribution in [0.2, 0.25) is 0 Å². The number of thioether (sulfide) groups is 1. The zero-order chi connectivity index (χ0) is 13.2. The van der Waals surface area contributed by atoms with E-state index < -0.39 is 0 Å². The van der Waals surface area contributed by atoms with Crippen molar-refractivity contribution in [3.05, 3.63) is 36.3 Å². The van der Waals surface area contributed by atoms with Crippen molar-refractivity contribution in [3.63, 3.8) is 0 Å². The Morgan fingerprint density at radius 1 is 1.26 bits per heavy atom. The van der Waals surface area contributed by atoms with E-state index in [0.29, 0.717) is 5.56 Å². The smallest absolute Gasteiger partial charge is 0.259 e. The van der Waals surface area contributed by atoms with E-state index in [4.69, 9.17) is 0 Å². The second kappa shape index (κ2) is 5.13. The van der Waals surface area contributed by atoms with Crippen LogP contribution in [0.5, 0.6) is 0 Å². The van der Waals surface area contributed by atoms with E-state index in [9.17, 15) is 4.79 Å². The predicted molar refractivity (Wildman–Crippen MR) is 75.8 cm³/mol. The highest BCUT2D eigenvalue weighted by atomic mass is 32.2. The lowest BCUT2D eigenvalue weighted by atomic mass is 10.2. The highest BCUT2D eigenvalue weighted by Crippen LogP contribution is 2.18. The summed E-state index contributed by atoms with van der Waals surface area (Å²) >= 11 is 1.90. The van der Waals surface area contributed by atoms with Gasteiger partial charge in [-0.25, -0.2) is 0 Å². The van der Waals surface area contributed by atoms with E-state index in [1.54, 1.807) is 10.9 Å². The van der Waals surface area contributed by atoms with Crippen molar-refractivity contribution in [2.75, 3.05) is 24.6 Å². The number of hydrogen-bond donors (Lipinski definition) is 0. The minimum absolute atomic E-state index is 0.0806. The second-order valence-electron chi connectivity index (χ2n) is 4.50. The van der Waals surface area contributed by atoms with Crippen LogP contribution in [-0.4, -0.2) is 49.7 Å². The molecule has 0 N–H and O–H groups in total. The van der Waals surface area contributed by atoms with Crippen LogP contribution in [-0.2, 0) is 7.05 Å². The molecule has 0 spiro atoms. The van der Waals surface area contributed by atoms with Gasteiger partial charge in [-0.05, 0) is 12.1 Å². The van der Waals surface area contributed by atoms with Gasteiger partial charge in [0.05, 0.1) is 6.20 Å². The summed E-state index contributed by atoms with van der Waals surface area (Å²) in [5.74, 6) is 2.95. The molecule has 2 aromatic rings. The molecule has 0 aromatic carbocycles. The van der Waals surface area contributed by atoms with Crippen molar-refractivity contribution in [2.45, 2.75) is 0 Å². The Morgan fingerprint density at radius 2 is 1.95 bits per heavy atom. The summed E-state index contributed by atoms with van der Waals surface area (Å²) in [6.07, 6.45) is 5.53. The summed E-state index contributed by atoms with van der Waals surface area (Å²) in [7, 11) is 1.86. The molecule has 0 aliphatic carbocycles. The molecule has 0 unspecified atom stereocenters. The Hall–Kier alpha value is -1.69. The van der Waals surface area contributed by atoms with E-state index in [1.165, 1.54) is 0 Å². The Bertz CT molecular complexity index is 569. The fraction of sp³-hybridized carbons (Fsp3) is 0.385. The Kier molecular flexibility index (Phi) is 3.33. The molecule has 0 radical (unpaired) electrons. The van der Waals surface area contributed by atoms with Crippen molar-refractivity contribution in [1.29, 1.82) is 0 Å². The normalized spacial score (nSPS) is 15.7. The van der Waals surface area contributed by atoms with Crippen LogP contribution in [0, 0.1) is 0 Å². The Balaban J connectivity index is 1.95. The average molecular weight is 276 g/mol. The van der Waals surface area contributed by atoms with Crippen molar-refractivity contribution < 1.29 is 4.79 Å². The van der Waals surface area contributed by atoms with Gasteiger partial charge in [-0.3, -0.25) is 9.48 Å². The fourth-order valence-corrected chi connectivity index (χ4v) is 3.20. The van der Waals surface area contributed by atoms with Crippen LogP contribution in [0.4, 0.5) is 0 Å². The van der Waals surface area contributed by atoms with Gasteiger partial charge in [-0.2, -0.15) is 16.9 Å². The molecule has 1 amide bonds. The van der Waals surface area contributed by atoms with Gasteiger partial charge >= 0.3 is 0 Å². The number of amides is 1. The fourth-order valence-electron chi connectivity index (χ4n) is 2.30. The lowest BCUT2D eigenvalue weighted by Gasteiger charge is -2.26. The SMILES string of the molecule is Cn1ncc(C(=O)N2CCSCC2)c1-n1cccc1. The lowest BCUT2D eigenvalue weighted by Crippen LogP contribution is -2.38. The monoisotopic (exact) mass is 276 g/mol. The molecule has 2 aromatic heterocycles. The van der Waals surface area contributed by atoms with Gasteiger partial charge in [0.2, 0.25) is 0 Å². The first kappa shape index (κ1) is 12.3. The Morgan fingerprint density at radius 3 is 2.63 bits per heavy atom. The minimum Gasteiger partial charge on any atom is -0.337 e. The number of rotatable bonds is 2. The summed E-state index contributed by atoms with van der Waals surface area (Å²) in [6.45, 7) is 1.65. The van der Waals surface area contributed by atoms with E-state index in [-0.39, 0.29) is 5.91 Å². The van der Waals surface area contributed by atoms with Gasteiger partial charge in [0, 0.05) is 44.0 Å². The maximum absolute atomic E-state index is 12.6. The molecule has 1 aliphatic rings. The van der Waals surface area contributed by atoms with Crippen LogP contribution >= 0.6 is 11.8 Å². The number of hydrogen-bond acceptors (Lipinski definition) is 3. The molecule has 6 heteroatoms. The summed E-state index contributed by atoms with van der Waals surface area (Å²) < 4.78 is 3.67. The van der Waals surface area contributed by atoms with Gasteiger partial charge in [0.25, 0.3) is 5.91 Å². The van der Waals surface area contributed by atoms with Gasteiger partial charge in [-0.1, -0.05) is 0 Å². The molecule has 5 nitrogen and oxygen atoms in total. The van der Waals surface area contributed by atoms with Crippen molar-refractivity contribution >= 4 is 17.7 Å². The lowest BCUT2D eigenvalue weighted by molar-refractivity contribution is 0.0772. The second-order valence-corrected chi connectivity index (χ2v) is 5.73. The summed E-state index contributed by atoms with van der Waals surface area (Å²) in [6, 6.07) is 3.89. The van der Waals surface area contributed by atoms with Crippen LogP contribution in [0.25, 0.3) is 5.82 Å². The molecular formula is C13H16N4OS. The number of carbonyl (C=O) groups excluding carboxylic acids is 1. The van der Waals surface area contributed by atoms with Crippen LogP contribution < -0.4 is 0 Å². The number of aromatic nitrogens is 3. The Labute approximate surface area is 116 Å². The van der Waals surface area contributed by atoms with Crippen molar-refractivity contribution in [3.8, 4) is 5.82 Å². The third-order valence-corrected chi connectivity index (χ3v) is 4.23. The molecular weight excluding hydrogens is 260 g/mol. The largest absolute Gasteiger partial charge is 0.337 e. The highest BCUT2D eigenvalue weighted by Gasteiger charge is 2.23. The summed E-state index contributed by atoms with van der Waals surface area (Å²) in [5, 5.41) is 4.23. The van der Waals surface area contributed by atoms with Crippen molar-refractivity contribution in [2.24, 2.45) is 7.05 Å². The van der Waals surface area contributed by atoms with Crippen LogP contribution in [0.3, 0.4) is 0 Å². The number of aryl methyl sites for hydroxylation is 1. The van der Waals surface area contributed by atoms with Gasteiger partial charge in [0.1, 0.15) is 11.4 Å². The van der Waals surface area contributed by atoms with Crippen LogP contribution in [0.15, 0.2) is 30.7 Å². The molecule has 0 saturated carbocycles. The molecule has 100 valence electrons. The number of carbonyl (C=O) groups is 1. The quantitative estimate of drug-likeness (QED) is 0.833. The maximum atomic E-state index is 12.6. The summed E-state index contributed by atoms with van der Waals surface area (Å²) in [5.41, 5.74) is 0.672. The molecule has 3 heterocycles. The van der Waals surface area contributed by atoms with Gasteiger partial charge < -0.3 is 9.47 Å². The minimum atomic E-state index is 0.0806. The highest BCUT2D eigenvalue weighted by molar-refractivity contribution is 7.99. The topological polar surface area (TPSA) is 43.1 Å². The zero-order valence-corrected chi connectivity index (χ0v) is 11.6. The molecule has 3 rings (SSSR count). The van der Waals surface area contributed by atoms with E-state index in [2.05, 4.69) is 5.10 Å². The van der Waals surface area contributed by atoms with E-state index >= 15 is 0 Å². The third-order valence-electron chi connectivity index (χ3n) is 3.29. The molecule has 0 atom stereocenters. The standard InChI is InChI=1S/C13H16N4OS/c1-15-12(16-4-2-3-5-16)11(10-14-15)13(18)17-6-8-19-9-7-17/h2-5,10H,6-9H2,1H3. The summed E-state index contributed by atoms with van der Waals surface area (Å²) in [4.78, 5) is 14.5.